The molecule has 2 fully saturated rings. The third-order valence-electron chi connectivity index (χ3n) is 5.30. The molecule has 0 unspecified atom stereocenters. The highest BCUT2D eigenvalue weighted by Gasteiger charge is 2.46. The van der Waals surface area contributed by atoms with Gasteiger partial charge in [0.25, 0.3) is 0 Å². The molecular weight excluding hydrogens is 376 g/mol. The third kappa shape index (κ3) is 4.86. The van der Waals surface area contributed by atoms with Crippen LogP contribution in [0.2, 0.25) is 0 Å². The SMILES string of the molecule is CCOCCCN1C(=O)C(=O)N(C[NH+]2CCN(c3ccc(OC)cc3)CC2)C1=O. The number of carbonyl (C=O) groups excluding carboxylic acids is 3. The van der Waals surface area contributed by atoms with Gasteiger partial charge in [0.05, 0.1) is 33.3 Å². The standard InChI is InChI=1S/C20H28N4O5/c1-3-29-14-4-9-23-18(25)19(26)24(20(23)27)15-21-10-12-22(13-11-21)16-5-7-17(28-2)8-6-16/h5-8H,3-4,9-15H2,1-2H3/p+1. The van der Waals surface area contributed by atoms with Gasteiger partial charge >= 0.3 is 17.8 Å². The van der Waals surface area contributed by atoms with Crippen molar-refractivity contribution in [2.24, 2.45) is 0 Å². The summed E-state index contributed by atoms with van der Waals surface area (Å²) >= 11 is 0. The first-order chi connectivity index (χ1) is 14.0. The number of anilines is 1. The molecule has 0 bridgehead atoms. The lowest BCUT2D eigenvalue weighted by molar-refractivity contribution is -0.907. The topological polar surface area (TPSA) is 83.8 Å². The first kappa shape index (κ1) is 21.1. The van der Waals surface area contributed by atoms with E-state index in [1.54, 1.807) is 7.11 Å². The van der Waals surface area contributed by atoms with Crippen LogP contribution >= 0.6 is 0 Å². The molecule has 4 amide bonds. The number of nitrogens with zero attached hydrogens (tertiary/aromatic N) is 3. The van der Waals surface area contributed by atoms with E-state index in [-0.39, 0.29) is 13.2 Å². The molecule has 3 rings (SSSR count). The summed E-state index contributed by atoms with van der Waals surface area (Å²) in [6.45, 7) is 6.53. The van der Waals surface area contributed by atoms with Crippen LogP contribution in [0, 0.1) is 0 Å². The molecule has 2 saturated heterocycles. The van der Waals surface area contributed by atoms with E-state index in [4.69, 9.17) is 9.47 Å². The fraction of sp³-hybridized carbons (Fsp3) is 0.550. The highest BCUT2D eigenvalue weighted by Crippen LogP contribution is 2.19. The fourth-order valence-electron chi connectivity index (χ4n) is 3.61. The van der Waals surface area contributed by atoms with E-state index in [0.717, 1.165) is 52.3 Å². The number of carbonyl (C=O) groups is 3. The van der Waals surface area contributed by atoms with Crippen LogP contribution in [0.15, 0.2) is 24.3 Å². The molecular formula is C20H29N4O5+. The number of amides is 4. The smallest absolute Gasteiger partial charge is 0.338 e. The lowest BCUT2D eigenvalue weighted by Gasteiger charge is -2.34. The summed E-state index contributed by atoms with van der Waals surface area (Å²) in [6.07, 6.45) is 0.528. The number of hydrogen-bond donors (Lipinski definition) is 1. The molecule has 9 nitrogen and oxygen atoms in total. The Labute approximate surface area is 170 Å². The first-order valence-electron chi connectivity index (χ1n) is 10.0. The molecule has 29 heavy (non-hydrogen) atoms. The van der Waals surface area contributed by atoms with E-state index in [2.05, 4.69) is 4.90 Å². The highest BCUT2D eigenvalue weighted by atomic mass is 16.5. The van der Waals surface area contributed by atoms with E-state index in [1.165, 1.54) is 0 Å². The number of imide groups is 2. The summed E-state index contributed by atoms with van der Waals surface area (Å²) in [5.41, 5.74) is 1.12. The van der Waals surface area contributed by atoms with Crippen molar-refractivity contribution in [3.63, 3.8) is 0 Å². The molecule has 2 aliphatic heterocycles. The molecule has 1 aromatic rings. The van der Waals surface area contributed by atoms with Crippen LogP contribution < -0.4 is 14.5 Å². The Morgan fingerprint density at radius 3 is 2.28 bits per heavy atom. The number of piperazine rings is 1. The quantitative estimate of drug-likeness (QED) is 0.341. The van der Waals surface area contributed by atoms with Crippen molar-refractivity contribution in [3.8, 4) is 5.75 Å². The number of urea groups is 1. The molecule has 1 N–H and O–H groups in total. The van der Waals surface area contributed by atoms with Crippen molar-refractivity contribution in [2.75, 3.05) is 64.6 Å². The van der Waals surface area contributed by atoms with Crippen LogP contribution in [-0.2, 0) is 14.3 Å². The van der Waals surface area contributed by atoms with E-state index in [9.17, 15) is 14.4 Å². The number of nitrogens with one attached hydrogen (secondary N) is 1. The monoisotopic (exact) mass is 405 g/mol. The summed E-state index contributed by atoms with van der Waals surface area (Å²) in [4.78, 5) is 42.5. The van der Waals surface area contributed by atoms with E-state index >= 15 is 0 Å². The number of rotatable bonds is 9. The number of quaternary nitrogens is 1. The second-order valence-corrected chi connectivity index (χ2v) is 7.12. The Morgan fingerprint density at radius 1 is 1.00 bits per heavy atom. The molecule has 2 aliphatic rings. The zero-order valence-electron chi connectivity index (χ0n) is 17.1. The van der Waals surface area contributed by atoms with Crippen molar-refractivity contribution < 1.29 is 28.8 Å². The highest BCUT2D eigenvalue weighted by molar-refractivity contribution is 6.44. The predicted octanol–water partition coefficient (Wildman–Crippen LogP) is -0.425. The summed E-state index contributed by atoms with van der Waals surface area (Å²) in [7, 11) is 1.64. The van der Waals surface area contributed by atoms with E-state index in [0.29, 0.717) is 19.6 Å². The molecule has 0 aromatic heterocycles. The molecule has 0 aliphatic carbocycles. The molecule has 158 valence electrons. The molecule has 2 heterocycles. The third-order valence-corrected chi connectivity index (χ3v) is 5.30. The minimum absolute atomic E-state index is 0.209. The Hall–Kier alpha value is -2.65. The summed E-state index contributed by atoms with van der Waals surface area (Å²) in [5.74, 6) is -0.640. The van der Waals surface area contributed by atoms with Gasteiger partial charge in [-0.1, -0.05) is 0 Å². The van der Waals surface area contributed by atoms with Crippen LogP contribution in [0.3, 0.4) is 0 Å². The second kappa shape index (κ2) is 9.71. The maximum Gasteiger partial charge on any atom is 0.338 e. The van der Waals surface area contributed by atoms with Crippen LogP contribution in [0.1, 0.15) is 13.3 Å². The normalized spacial score (nSPS) is 18.1. The van der Waals surface area contributed by atoms with Crippen molar-refractivity contribution in [1.29, 1.82) is 0 Å². The van der Waals surface area contributed by atoms with Crippen molar-refractivity contribution in [3.05, 3.63) is 24.3 Å². The Balaban J connectivity index is 1.50. The van der Waals surface area contributed by atoms with Gasteiger partial charge in [0, 0.05) is 25.4 Å². The maximum absolute atomic E-state index is 12.5. The Morgan fingerprint density at radius 2 is 1.66 bits per heavy atom. The molecule has 9 heteroatoms. The minimum atomic E-state index is -0.734. The fourth-order valence-corrected chi connectivity index (χ4v) is 3.61. The van der Waals surface area contributed by atoms with Gasteiger partial charge in [-0.15, -0.1) is 0 Å². The van der Waals surface area contributed by atoms with Gasteiger partial charge < -0.3 is 19.3 Å². The molecule has 0 spiro atoms. The van der Waals surface area contributed by atoms with Crippen LogP contribution in [0.4, 0.5) is 10.5 Å². The van der Waals surface area contributed by atoms with Crippen LogP contribution in [-0.4, -0.2) is 87.4 Å². The van der Waals surface area contributed by atoms with Crippen molar-refractivity contribution in [1.82, 2.24) is 9.80 Å². The molecule has 0 saturated carbocycles. The van der Waals surface area contributed by atoms with Gasteiger partial charge in [-0.05, 0) is 37.6 Å². The second-order valence-electron chi connectivity index (χ2n) is 7.12. The molecule has 0 atom stereocenters. The Bertz CT molecular complexity index is 731. The van der Waals surface area contributed by atoms with E-state index < -0.39 is 17.8 Å². The summed E-state index contributed by atoms with van der Waals surface area (Å²) < 4.78 is 10.4. The van der Waals surface area contributed by atoms with Crippen molar-refractivity contribution >= 4 is 23.5 Å². The van der Waals surface area contributed by atoms with Gasteiger partial charge in [0.2, 0.25) is 0 Å². The first-order valence-corrected chi connectivity index (χ1v) is 10.0. The summed E-state index contributed by atoms with van der Waals surface area (Å²) in [5, 5.41) is 0. The summed E-state index contributed by atoms with van der Waals surface area (Å²) in [6, 6.07) is 7.40. The molecule has 1 aromatic carbocycles. The number of ether oxygens (including phenoxy) is 2. The average molecular weight is 405 g/mol. The van der Waals surface area contributed by atoms with Gasteiger partial charge in [0.1, 0.15) is 5.75 Å². The zero-order chi connectivity index (χ0) is 20.8. The van der Waals surface area contributed by atoms with E-state index in [1.807, 2.05) is 31.2 Å². The van der Waals surface area contributed by atoms with Gasteiger partial charge in [-0.2, -0.15) is 0 Å². The lowest BCUT2D eigenvalue weighted by Crippen LogP contribution is -3.16. The zero-order valence-corrected chi connectivity index (χ0v) is 17.1. The maximum atomic E-state index is 12.5. The van der Waals surface area contributed by atoms with Crippen molar-refractivity contribution in [2.45, 2.75) is 13.3 Å². The van der Waals surface area contributed by atoms with Gasteiger partial charge in [-0.3, -0.25) is 14.5 Å². The van der Waals surface area contributed by atoms with Gasteiger partial charge in [0.15, 0.2) is 6.67 Å². The average Bonchev–Trinajstić information content (AvgIpc) is 2.95. The minimum Gasteiger partial charge on any atom is -0.497 e. The lowest BCUT2D eigenvalue weighted by atomic mass is 10.2. The number of benzene rings is 1. The predicted molar refractivity (Wildman–Crippen MR) is 106 cm³/mol. The Kier molecular flexibility index (Phi) is 7.05. The molecule has 0 radical (unpaired) electrons. The number of hydrogen-bond acceptors (Lipinski definition) is 6. The van der Waals surface area contributed by atoms with Crippen LogP contribution in [0.5, 0.6) is 5.75 Å². The number of methoxy groups -OCH3 is 1. The van der Waals surface area contributed by atoms with Gasteiger partial charge in [-0.25, -0.2) is 9.69 Å². The van der Waals surface area contributed by atoms with Crippen LogP contribution in [0.25, 0.3) is 0 Å². The largest absolute Gasteiger partial charge is 0.497 e.